The maximum absolute atomic E-state index is 11.3. The summed E-state index contributed by atoms with van der Waals surface area (Å²) in [7, 11) is -3.62. The fourth-order valence-electron chi connectivity index (χ4n) is 3.70. The van der Waals surface area contributed by atoms with E-state index < -0.39 is 10.0 Å². The Balaban J connectivity index is 1.46. The van der Waals surface area contributed by atoms with E-state index in [0.717, 1.165) is 31.6 Å². The number of nitrogens with one attached hydrogen (secondary N) is 1. The predicted molar refractivity (Wildman–Crippen MR) is 98.7 cm³/mol. The summed E-state index contributed by atoms with van der Waals surface area (Å²) in [6.45, 7) is 2.88. The largest absolute Gasteiger partial charge is 0.361 e. The second-order valence-electron chi connectivity index (χ2n) is 6.70. The van der Waals surface area contributed by atoms with Crippen molar-refractivity contribution in [2.75, 3.05) is 13.1 Å². The number of H-pyrrole nitrogens is 1. The molecule has 1 atom stereocenters. The van der Waals surface area contributed by atoms with Crippen LogP contribution in [-0.4, -0.2) is 31.4 Å². The predicted octanol–water partition coefficient (Wildman–Crippen LogP) is 2.80. The van der Waals surface area contributed by atoms with Gasteiger partial charge in [0.2, 0.25) is 10.0 Å². The van der Waals surface area contributed by atoms with Crippen LogP contribution in [0.5, 0.6) is 0 Å². The summed E-state index contributed by atoms with van der Waals surface area (Å²) >= 11 is 0. The molecule has 130 valence electrons. The van der Waals surface area contributed by atoms with Crippen LogP contribution in [0, 0.1) is 0 Å². The van der Waals surface area contributed by atoms with Gasteiger partial charge in [-0.1, -0.05) is 30.3 Å². The first-order valence-corrected chi connectivity index (χ1v) is 9.95. The van der Waals surface area contributed by atoms with Crippen molar-refractivity contribution in [3.8, 4) is 0 Å². The van der Waals surface area contributed by atoms with Gasteiger partial charge in [-0.05, 0) is 48.2 Å². The van der Waals surface area contributed by atoms with Gasteiger partial charge >= 0.3 is 0 Å². The Bertz CT molecular complexity index is 993. The van der Waals surface area contributed by atoms with Crippen LogP contribution in [0.2, 0.25) is 0 Å². The van der Waals surface area contributed by atoms with Gasteiger partial charge in [0.05, 0.1) is 4.90 Å². The van der Waals surface area contributed by atoms with Crippen molar-refractivity contribution >= 4 is 20.9 Å². The molecule has 3 aromatic rings. The topological polar surface area (TPSA) is 79.2 Å². The number of nitrogens with two attached hydrogens (primary N) is 1. The van der Waals surface area contributed by atoms with Crippen LogP contribution in [-0.2, 0) is 16.6 Å². The van der Waals surface area contributed by atoms with Crippen molar-refractivity contribution < 1.29 is 8.42 Å². The van der Waals surface area contributed by atoms with Crippen molar-refractivity contribution in [3.05, 3.63) is 65.9 Å². The lowest BCUT2D eigenvalue weighted by molar-refractivity contribution is 0.327. The van der Waals surface area contributed by atoms with Gasteiger partial charge < -0.3 is 4.98 Å². The second-order valence-corrected chi connectivity index (χ2v) is 8.26. The Labute approximate surface area is 147 Å². The number of hydrogen-bond acceptors (Lipinski definition) is 3. The molecule has 3 N–H and O–H groups in total. The first kappa shape index (κ1) is 16.3. The molecule has 0 amide bonds. The van der Waals surface area contributed by atoms with E-state index in [-0.39, 0.29) is 4.90 Å². The first-order valence-electron chi connectivity index (χ1n) is 8.41. The highest BCUT2D eigenvalue weighted by Gasteiger charge is 2.25. The normalized spacial score (nSPS) is 18.8. The van der Waals surface area contributed by atoms with Gasteiger partial charge in [0.15, 0.2) is 0 Å². The third-order valence-corrected chi connectivity index (χ3v) is 5.92. The molecule has 0 spiro atoms. The van der Waals surface area contributed by atoms with Gasteiger partial charge in [0, 0.05) is 30.2 Å². The second kappa shape index (κ2) is 6.29. The number of rotatable bonds is 4. The van der Waals surface area contributed by atoms with Gasteiger partial charge in [-0.2, -0.15) is 0 Å². The Morgan fingerprint density at radius 3 is 2.64 bits per heavy atom. The molecule has 4 rings (SSSR count). The summed E-state index contributed by atoms with van der Waals surface area (Å²) in [6.07, 6.45) is 3.27. The van der Waals surface area contributed by atoms with E-state index in [1.54, 1.807) is 12.1 Å². The number of aromatic nitrogens is 1. The zero-order valence-corrected chi connectivity index (χ0v) is 14.7. The molecule has 0 bridgehead atoms. The average molecular weight is 355 g/mol. The van der Waals surface area contributed by atoms with Gasteiger partial charge in [0.1, 0.15) is 0 Å². The number of hydrogen-bond donors (Lipinski definition) is 2. The fourth-order valence-corrected chi connectivity index (χ4v) is 4.22. The molecule has 0 saturated carbocycles. The maximum Gasteiger partial charge on any atom is 0.238 e. The van der Waals surface area contributed by atoms with Crippen LogP contribution < -0.4 is 5.14 Å². The number of likely N-dealkylation sites (tertiary alicyclic amines) is 1. The van der Waals surface area contributed by atoms with Gasteiger partial charge in [-0.3, -0.25) is 4.90 Å². The van der Waals surface area contributed by atoms with Crippen LogP contribution in [0.25, 0.3) is 10.9 Å². The van der Waals surface area contributed by atoms with Crippen molar-refractivity contribution in [1.82, 2.24) is 9.88 Å². The highest BCUT2D eigenvalue weighted by Crippen LogP contribution is 2.33. The lowest BCUT2D eigenvalue weighted by atomic mass is 9.98. The highest BCUT2D eigenvalue weighted by atomic mass is 32.2. The van der Waals surface area contributed by atoms with E-state index in [0.29, 0.717) is 5.92 Å². The van der Waals surface area contributed by atoms with Crippen molar-refractivity contribution in [1.29, 1.82) is 0 Å². The molecule has 1 aliphatic rings. The number of nitrogens with zero attached hydrogens (tertiary/aromatic N) is 1. The Kier molecular flexibility index (Phi) is 4.11. The Hall–Kier alpha value is -2.15. The van der Waals surface area contributed by atoms with Crippen LogP contribution in [0.3, 0.4) is 0 Å². The molecule has 25 heavy (non-hydrogen) atoms. The lowest BCUT2D eigenvalue weighted by Crippen LogP contribution is -2.20. The number of primary sulfonamides is 1. The lowest BCUT2D eigenvalue weighted by Gasteiger charge is -2.16. The van der Waals surface area contributed by atoms with E-state index in [2.05, 4.69) is 40.3 Å². The van der Waals surface area contributed by atoms with Crippen molar-refractivity contribution in [2.24, 2.45) is 5.14 Å². The number of fused-ring (bicyclic) bond motifs is 1. The van der Waals surface area contributed by atoms with Crippen LogP contribution in [0.1, 0.15) is 23.5 Å². The molecular formula is C19H21N3O2S. The SMILES string of the molecule is NS(=O)(=O)c1ccc(CN2CC[C@H](c3c[nH]c4ccccc34)C2)cc1. The summed E-state index contributed by atoms with van der Waals surface area (Å²) in [5.74, 6) is 0.528. The standard InChI is InChI=1S/C19H21N3O2S/c20-25(23,24)16-7-5-14(6-8-16)12-22-10-9-15(13-22)18-11-21-19-4-2-1-3-17(18)19/h1-8,11,15,21H,9-10,12-13H2,(H2,20,23,24)/t15-/m0/s1. The van der Waals surface area contributed by atoms with Crippen LogP contribution in [0.4, 0.5) is 0 Å². The van der Waals surface area contributed by atoms with Gasteiger partial charge in [0.25, 0.3) is 0 Å². The minimum Gasteiger partial charge on any atom is -0.361 e. The van der Waals surface area contributed by atoms with E-state index in [4.69, 9.17) is 5.14 Å². The summed E-state index contributed by atoms with van der Waals surface area (Å²) < 4.78 is 22.7. The van der Waals surface area contributed by atoms with E-state index >= 15 is 0 Å². The molecule has 6 heteroatoms. The zero-order valence-electron chi connectivity index (χ0n) is 13.9. The number of sulfonamides is 1. The number of para-hydroxylation sites is 1. The third kappa shape index (κ3) is 3.33. The summed E-state index contributed by atoms with van der Waals surface area (Å²) in [5.41, 5.74) is 3.68. The molecule has 5 nitrogen and oxygen atoms in total. The van der Waals surface area contributed by atoms with Crippen molar-refractivity contribution in [3.63, 3.8) is 0 Å². The fraction of sp³-hybridized carbons (Fsp3) is 0.263. The molecule has 2 heterocycles. The van der Waals surface area contributed by atoms with E-state index in [1.807, 2.05) is 12.1 Å². The van der Waals surface area contributed by atoms with E-state index in [9.17, 15) is 8.42 Å². The number of benzene rings is 2. The Morgan fingerprint density at radius 1 is 1.12 bits per heavy atom. The molecule has 1 aromatic heterocycles. The van der Waals surface area contributed by atoms with E-state index in [1.165, 1.54) is 16.5 Å². The minimum absolute atomic E-state index is 0.161. The third-order valence-electron chi connectivity index (χ3n) is 4.99. The summed E-state index contributed by atoms with van der Waals surface area (Å²) in [4.78, 5) is 5.94. The molecule has 2 aromatic carbocycles. The summed E-state index contributed by atoms with van der Waals surface area (Å²) in [6, 6.07) is 15.3. The molecule has 0 aliphatic carbocycles. The highest BCUT2D eigenvalue weighted by molar-refractivity contribution is 7.89. The molecule has 1 aliphatic heterocycles. The van der Waals surface area contributed by atoms with Crippen molar-refractivity contribution in [2.45, 2.75) is 23.8 Å². The van der Waals surface area contributed by atoms with Gasteiger partial charge in [-0.25, -0.2) is 13.6 Å². The molecular weight excluding hydrogens is 334 g/mol. The molecule has 1 fully saturated rings. The van der Waals surface area contributed by atoms with Crippen LogP contribution >= 0.6 is 0 Å². The Morgan fingerprint density at radius 2 is 1.88 bits per heavy atom. The molecule has 0 radical (unpaired) electrons. The van der Waals surface area contributed by atoms with Gasteiger partial charge in [-0.15, -0.1) is 0 Å². The smallest absolute Gasteiger partial charge is 0.238 e. The first-order chi connectivity index (χ1) is 12.0. The molecule has 1 saturated heterocycles. The quantitative estimate of drug-likeness (QED) is 0.755. The zero-order chi connectivity index (χ0) is 17.4. The average Bonchev–Trinajstić information content (AvgIpc) is 3.21. The number of aromatic amines is 1. The minimum atomic E-state index is -3.62. The monoisotopic (exact) mass is 355 g/mol. The maximum atomic E-state index is 11.3. The summed E-state index contributed by atoms with van der Waals surface area (Å²) in [5, 5.41) is 6.46. The molecule has 0 unspecified atom stereocenters. The van der Waals surface area contributed by atoms with Crippen LogP contribution in [0.15, 0.2) is 59.6 Å².